The Hall–Kier alpha value is -3.13. The van der Waals surface area contributed by atoms with E-state index >= 15 is 0 Å². The molecule has 0 aliphatic heterocycles. The van der Waals surface area contributed by atoms with Crippen LogP contribution in [-0.2, 0) is 6.42 Å². The molecule has 26 heavy (non-hydrogen) atoms. The second-order valence-corrected chi connectivity index (χ2v) is 6.57. The first-order valence-corrected chi connectivity index (χ1v) is 8.92. The van der Waals surface area contributed by atoms with E-state index in [2.05, 4.69) is 72.4 Å². The monoisotopic (exact) mass is 338 g/mol. The van der Waals surface area contributed by atoms with Crippen molar-refractivity contribution in [2.45, 2.75) is 13.3 Å². The molecule has 1 N–H and O–H groups in total. The minimum Gasteiger partial charge on any atom is -0.388 e. The van der Waals surface area contributed by atoms with E-state index in [1.165, 1.54) is 38.6 Å². The number of nitrogens with one attached hydrogen (secondary N) is 1. The van der Waals surface area contributed by atoms with Gasteiger partial charge in [0.15, 0.2) is 0 Å². The molecule has 2 heteroatoms. The SMILES string of the molecule is C=C1c2cc(CC(=C/C)/C=C(\NC)c3cccnc3)c3ccccc3c21. The summed E-state index contributed by atoms with van der Waals surface area (Å²) in [5.74, 6) is 0. The second-order valence-electron chi connectivity index (χ2n) is 6.57. The van der Waals surface area contributed by atoms with Crippen LogP contribution in [0.2, 0.25) is 0 Å². The van der Waals surface area contributed by atoms with Gasteiger partial charge in [-0.2, -0.15) is 0 Å². The van der Waals surface area contributed by atoms with Crippen LogP contribution >= 0.6 is 0 Å². The van der Waals surface area contributed by atoms with Crippen LogP contribution in [0, 0.1) is 0 Å². The number of aromatic nitrogens is 1. The number of pyridine rings is 1. The molecule has 0 radical (unpaired) electrons. The highest BCUT2D eigenvalue weighted by Gasteiger charge is 2.26. The van der Waals surface area contributed by atoms with Crippen molar-refractivity contribution >= 4 is 22.0 Å². The van der Waals surface area contributed by atoms with Gasteiger partial charge in [0.25, 0.3) is 0 Å². The van der Waals surface area contributed by atoms with Crippen LogP contribution in [0.4, 0.5) is 0 Å². The maximum Gasteiger partial charge on any atom is 0.0429 e. The summed E-state index contributed by atoms with van der Waals surface area (Å²) in [5, 5.41) is 5.95. The molecule has 1 aromatic heterocycles. The molecule has 0 spiro atoms. The Morgan fingerprint density at radius 3 is 2.65 bits per heavy atom. The first-order valence-electron chi connectivity index (χ1n) is 8.92. The summed E-state index contributed by atoms with van der Waals surface area (Å²) in [6, 6.07) is 15.0. The maximum absolute atomic E-state index is 4.23. The van der Waals surface area contributed by atoms with Crippen LogP contribution in [0.3, 0.4) is 0 Å². The number of benzene rings is 2. The van der Waals surface area contributed by atoms with Crippen molar-refractivity contribution in [1.29, 1.82) is 0 Å². The molecule has 0 unspecified atom stereocenters. The van der Waals surface area contributed by atoms with E-state index in [0.29, 0.717) is 0 Å². The highest BCUT2D eigenvalue weighted by atomic mass is 14.8. The Morgan fingerprint density at radius 2 is 1.96 bits per heavy atom. The number of nitrogens with zero attached hydrogens (tertiary/aromatic N) is 1. The summed E-state index contributed by atoms with van der Waals surface area (Å²) in [6.45, 7) is 6.28. The molecule has 1 aliphatic carbocycles. The minimum atomic E-state index is 0.892. The average Bonchev–Trinajstić information content (AvgIpc) is 3.35. The van der Waals surface area contributed by atoms with Gasteiger partial charge in [-0.15, -0.1) is 0 Å². The van der Waals surface area contributed by atoms with Gasteiger partial charge in [-0.1, -0.05) is 36.9 Å². The zero-order valence-electron chi connectivity index (χ0n) is 15.2. The summed E-state index contributed by atoms with van der Waals surface area (Å²) >= 11 is 0. The topological polar surface area (TPSA) is 24.9 Å². The standard InChI is InChI=1S/C24H22N2/c1-4-17(13-23(25-3)18-8-7-11-26-15-18)12-19-14-22-16(2)24(22)21-10-6-5-9-20(19)21/h4-11,13-15,25H,2,12H2,1,3H3/b17-4-,23-13-. The van der Waals surface area contributed by atoms with Crippen LogP contribution in [0.15, 0.2) is 79.2 Å². The molecule has 2 nitrogen and oxygen atoms in total. The number of hydrogen-bond acceptors (Lipinski definition) is 2. The molecule has 4 rings (SSSR count). The minimum absolute atomic E-state index is 0.892. The van der Waals surface area contributed by atoms with Gasteiger partial charge in [0.1, 0.15) is 0 Å². The van der Waals surface area contributed by atoms with Crippen LogP contribution in [-0.4, -0.2) is 12.0 Å². The lowest BCUT2D eigenvalue weighted by Crippen LogP contribution is -2.06. The summed E-state index contributed by atoms with van der Waals surface area (Å²) in [5.41, 5.74) is 8.64. The molecule has 3 aromatic rings. The zero-order valence-corrected chi connectivity index (χ0v) is 15.2. The largest absolute Gasteiger partial charge is 0.388 e. The normalized spacial score (nSPS) is 13.7. The molecule has 1 heterocycles. The number of hydrogen-bond donors (Lipinski definition) is 1. The lowest BCUT2D eigenvalue weighted by Gasteiger charge is -2.10. The molecular formula is C24H22N2. The molecule has 1 aliphatic rings. The highest BCUT2D eigenvalue weighted by molar-refractivity contribution is 6.13. The lowest BCUT2D eigenvalue weighted by atomic mass is 9.97. The lowest BCUT2D eigenvalue weighted by molar-refractivity contribution is 1.10. The van der Waals surface area contributed by atoms with Crippen molar-refractivity contribution in [3.63, 3.8) is 0 Å². The zero-order chi connectivity index (χ0) is 18.1. The van der Waals surface area contributed by atoms with E-state index < -0.39 is 0 Å². The van der Waals surface area contributed by atoms with Gasteiger partial charge in [-0.25, -0.2) is 0 Å². The molecule has 0 atom stereocenters. The quantitative estimate of drug-likeness (QED) is 0.496. The third-order valence-electron chi connectivity index (χ3n) is 5.03. The fraction of sp³-hybridized carbons (Fsp3) is 0.125. The van der Waals surface area contributed by atoms with Crippen LogP contribution in [0.25, 0.3) is 22.0 Å². The van der Waals surface area contributed by atoms with E-state index in [1.54, 1.807) is 6.20 Å². The first kappa shape index (κ1) is 16.3. The predicted molar refractivity (Wildman–Crippen MR) is 111 cm³/mol. The van der Waals surface area contributed by atoms with Crippen molar-refractivity contribution in [3.05, 3.63) is 101 Å². The van der Waals surface area contributed by atoms with Crippen molar-refractivity contribution in [3.8, 4) is 0 Å². The van der Waals surface area contributed by atoms with E-state index in [0.717, 1.165) is 17.7 Å². The Kier molecular flexibility index (Phi) is 4.18. The van der Waals surface area contributed by atoms with E-state index in [4.69, 9.17) is 0 Å². The van der Waals surface area contributed by atoms with Gasteiger partial charge in [0.2, 0.25) is 0 Å². The average molecular weight is 338 g/mol. The van der Waals surface area contributed by atoms with Crippen LogP contribution < -0.4 is 5.32 Å². The smallest absolute Gasteiger partial charge is 0.0429 e. The molecule has 0 saturated carbocycles. The fourth-order valence-electron chi connectivity index (χ4n) is 3.55. The second kappa shape index (κ2) is 6.64. The molecule has 0 saturated heterocycles. The van der Waals surface area contributed by atoms with Gasteiger partial charge < -0.3 is 5.32 Å². The number of allylic oxidation sites excluding steroid dienone is 3. The summed E-state index contributed by atoms with van der Waals surface area (Å²) in [6.07, 6.45) is 8.97. The number of rotatable bonds is 5. The summed E-state index contributed by atoms with van der Waals surface area (Å²) in [4.78, 5) is 4.23. The molecule has 0 amide bonds. The van der Waals surface area contributed by atoms with E-state index in [9.17, 15) is 0 Å². The van der Waals surface area contributed by atoms with Gasteiger partial charge >= 0.3 is 0 Å². The van der Waals surface area contributed by atoms with Gasteiger partial charge in [0, 0.05) is 30.7 Å². The van der Waals surface area contributed by atoms with E-state index in [1.807, 2.05) is 19.3 Å². The van der Waals surface area contributed by atoms with Crippen molar-refractivity contribution in [2.24, 2.45) is 0 Å². The third-order valence-corrected chi connectivity index (χ3v) is 5.03. The van der Waals surface area contributed by atoms with Crippen LogP contribution in [0.1, 0.15) is 29.2 Å². The third kappa shape index (κ3) is 2.84. The van der Waals surface area contributed by atoms with Crippen molar-refractivity contribution in [2.75, 3.05) is 7.05 Å². The van der Waals surface area contributed by atoms with Crippen molar-refractivity contribution < 1.29 is 0 Å². The Morgan fingerprint density at radius 1 is 1.15 bits per heavy atom. The molecule has 0 bridgehead atoms. The van der Waals surface area contributed by atoms with Crippen LogP contribution in [0.5, 0.6) is 0 Å². The van der Waals surface area contributed by atoms with Gasteiger partial charge in [-0.05, 0) is 76.2 Å². The fourth-order valence-corrected chi connectivity index (χ4v) is 3.55. The van der Waals surface area contributed by atoms with Crippen molar-refractivity contribution in [1.82, 2.24) is 10.3 Å². The Balaban J connectivity index is 1.72. The Bertz CT molecular complexity index is 1060. The first-order chi connectivity index (χ1) is 12.7. The molecule has 0 fully saturated rings. The molecule has 2 aromatic carbocycles. The summed E-state index contributed by atoms with van der Waals surface area (Å²) < 4.78 is 0. The van der Waals surface area contributed by atoms with Gasteiger partial charge in [0.05, 0.1) is 0 Å². The predicted octanol–water partition coefficient (Wildman–Crippen LogP) is 5.36. The Labute approximate surface area is 154 Å². The van der Waals surface area contributed by atoms with E-state index in [-0.39, 0.29) is 0 Å². The molecule has 128 valence electrons. The summed E-state index contributed by atoms with van der Waals surface area (Å²) in [7, 11) is 1.95. The highest BCUT2D eigenvalue weighted by Crippen LogP contribution is 2.47. The van der Waals surface area contributed by atoms with Gasteiger partial charge in [-0.3, -0.25) is 4.98 Å². The maximum atomic E-state index is 4.23. The number of fused-ring (bicyclic) bond motifs is 3. The molecular weight excluding hydrogens is 316 g/mol.